The highest BCUT2D eigenvalue weighted by atomic mass is 16.8. The van der Waals surface area contributed by atoms with Crippen LogP contribution in [0.5, 0.6) is 0 Å². The first-order valence-electron chi connectivity index (χ1n) is 4.48. The second kappa shape index (κ2) is 4.79. The molecule has 4 N–H and O–H groups in total. The minimum atomic E-state index is -0.649. The number of rotatable bonds is 4. The minimum absolute atomic E-state index is 0.223. The molecule has 2 rings (SSSR count). The fraction of sp³-hybridized carbons (Fsp3) is 0. The maximum Gasteiger partial charge on any atom is 0.439 e. The highest BCUT2D eigenvalue weighted by molar-refractivity contribution is 5.52. The average molecular weight is 236 g/mol. The van der Waals surface area contributed by atoms with E-state index in [0.29, 0.717) is 11.5 Å². The summed E-state index contributed by atoms with van der Waals surface area (Å²) in [5.74, 6) is -0.0536. The maximum absolute atomic E-state index is 10.8. The van der Waals surface area contributed by atoms with Crippen molar-refractivity contribution < 1.29 is 9.46 Å². The average Bonchev–Trinajstić information content (AvgIpc) is 2.77. The topological polar surface area (TPSA) is 131 Å². The molecule has 88 valence electrons. The molecule has 2 aromatic heterocycles. The van der Waals surface area contributed by atoms with Crippen molar-refractivity contribution in [3.8, 4) is 11.5 Å². The molecule has 0 saturated carbocycles. The molecule has 0 aliphatic rings. The second-order valence-corrected chi connectivity index (χ2v) is 2.80. The fourth-order valence-electron chi connectivity index (χ4n) is 1.07. The zero-order valence-electron chi connectivity index (χ0n) is 8.45. The van der Waals surface area contributed by atoms with Crippen LogP contribution in [0, 0.1) is 0 Å². The normalized spacial score (nSPS) is 10.6. The van der Waals surface area contributed by atoms with Crippen LogP contribution in [0.1, 0.15) is 0 Å². The Balaban J connectivity index is 2.19. The van der Waals surface area contributed by atoms with Gasteiger partial charge in [0.25, 0.3) is 0 Å². The molecule has 17 heavy (non-hydrogen) atoms. The number of nitrogens with zero attached hydrogens (tertiary/aromatic N) is 3. The molecule has 2 heterocycles. The van der Waals surface area contributed by atoms with Crippen molar-refractivity contribution in [2.75, 3.05) is 5.48 Å². The lowest BCUT2D eigenvalue weighted by atomic mass is 10.3. The van der Waals surface area contributed by atoms with E-state index in [1.807, 2.05) is 0 Å². The molecule has 0 atom stereocenters. The molecule has 0 saturated heterocycles. The summed E-state index contributed by atoms with van der Waals surface area (Å²) in [5.41, 5.74) is 7.82. The lowest BCUT2D eigenvalue weighted by molar-refractivity contribution is 0.208. The third kappa shape index (κ3) is 2.59. The Bertz CT molecular complexity index is 574. The Kier molecular flexibility index (Phi) is 3.01. The third-order valence-electron chi connectivity index (χ3n) is 1.70. The summed E-state index contributed by atoms with van der Waals surface area (Å²) >= 11 is 0. The third-order valence-corrected chi connectivity index (χ3v) is 1.70. The molecule has 0 aliphatic carbocycles. The number of hydrogen-bond donors (Lipinski definition) is 3. The number of anilines is 1. The van der Waals surface area contributed by atoms with Crippen molar-refractivity contribution >= 4 is 12.2 Å². The van der Waals surface area contributed by atoms with E-state index in [1.54, 1.807) is 18.2 Å². The number of H-pyrrole nitrogens is 1. The number of aromatic amines is 1. The Hall–Kier alpha value is -2.84. The molecule has 0 aliphatic heterocycles. The van der Waals surface area contributed by atoms with Crippen molar-refractivity contribution in [2.24, 2.45) is 10.9 Å². The van der Waals surface area contributed by atoms with E-state index < -0.39 is 5.76 Å². The molecule has 0 fully saturated rings. The van der Waals surface area contributed by atoms with Gasteiger partial charge in [-0.15, -0.1) is 0 Å². The molecule has 0 amide bonds. The molecule has 0 spiro atoms. The van der Waals surface area contributed by atoms with Gasteiger partial charge in [-0.1, -0.05) is 11.2 Å². The summed E-state index contributed by atoms with van der Waals surface area (Å²) in [7, 11) is 0. The van der Waals surface area contributed by atoms with Gasteiger partial charge in [-0.2, -0.15) is 5.48 Å². The van der Waals surface area contributed by atoms with Gasteiger partial charge in [0.1, 0.15) is 12.0 Å². The van der Waals surface area contributed by atoms with E-state index in [4.69, 9.17) is 5.73 Å². The summed E-state index contributed by atoms with van der Waals surface area (Å²) in [5, 5.41) is 6.78. The molecule has 0 bridgehead atoms. The summed E-state index contributed by atoms with van der Waals surface area (Å²) in [6, 6.07) is 4.96. The Morgan fingerprint density at radius 2 is 2.47 bits per heavy atom. The van der Waals surface area contributed by atoms with Gasteiger partial charge in [0, 0.05) is 0 Å². The van der Waals surface area contributed by atoms with Crippen LogP contribution in [0.4, 0.5) is 5.82 Å². The molecule has 0 unspecified atom stereocenters. The van der Waals surface area contributed by atoms with Crippen LogP contribution in [0.25, 0.3) is 11.5 Å². The highest BCUT2D eigenvalue weighted by Gasteiger charge is 2.06. The largest absolute Gasteiger partial charge is 0.439 e. The van der Waals surface area contributed by atoms with Crippen molar-refractivity contribution in [1.82, 2.24) is 15.1 Å². The standard InChI is InChI=1S/C8H8N6O3/c9-4-10-17-13-6-3-1-2-5(11-6)7-12-8(15)16-14-7/h1-4H,(H2,9,10)(H,11,13)(H,12,14,15). The first-order valence-corrected chi connectivity index (χ1v) is 4.48. The number of pyridine rings is 1. The smallest absolute Gasteiger partial charge is 0.387 e. The van der Waals surface area contributed by atoms with Gasteiger partial charge < -0.3 is 5.73 Å². The second-order valence-electron chi connectivity index (χ2n) is 2.80. The van der Waals surface area contributed by atoms with Crippen LogP contribution in [0.3, 0.4) is 0 Å². The van der Waals surface area contributed by atoms with Gasteiger partial charge >= 0.3 is 5.76 Å². The lowest BCUT2D eigenvalue weighted by Gasteiger charge is -2.01. The Morgan fingerprint density at radius 3 is 3.18 bits per heavy atom. The highest BCUT2D eigenvalue weighted by Crippen LogP contribution is 2.13. The molecule has 0 aromatic carbocycles. The first-order chi connectivity index (χ1) is 8.29. The molecule has 2 aromatic rings. The predicted octanol–water partition coefficient (Wildman–Crippen LogP) is -0.330. The number of nitrogens with one attached hydrogen (secondary N) is 2. The van der Waals surface area contributed by atoms with Gasteiger partial charge in [0.15, 0.2) is 5.82 Å². The monoisotopic (exact) mass is 236 g/mol. The summed E-state index contributed by atoms with van der Waals surface area (Å²) < 4.78 is 4.36. The van der Waals surface area contributed by atoms with E-state index >= 15 is 0 Å². The van der Waals surface area contributed by atoms with E-state index in [2.05, 4.69) is 35.2 Å². The quantitative estimate of drug-likeness (QED) is 0.376. The summed E-state index contributed by atoms with van der Waals surface area (Å²) in [6.07, 6.45) is 0.978. The Morgan fingerprint density at radius 1 is 1.59 bits per heavy atom. The molecule has 9 heteroatoms. The summed E-state index contributed by atoms with van der Waals surface area (Å²) in [6.45, 7) is 0. The van der Waals surface area contributed by atoms with Gasteiger partial charge in [0.05, 0.1) is 0 Å². The van der Waals surface area contributed by atoms with Crippen molar-refractivity contribution in [2.45, 2.75) is 0 Å². The summed E-state index contributed by atoms with van der Waals surface area (Å²) in [4.78, 5) is 21.8. The van der Waals surface area contributed by atoms with Crippen LogP contribution >= 0.6 is 0 Å². The van der Waals surface area contributed by atoms with E-state index in [1.165, 1.54) is 0 Å². The molecule has 9 nitrogen and oxygen atoms in total. The molecular weight excluding hydrogens is 228 g/mol. The molecular formula is C8H8N6O3. The van der Waals surface area contributed by atoms with E-state index in [0.717, 1.165) is 6.34 Å². The number of hydrogen-bond acceptors (Lipinski definition) is 7. The zero-order chi connectivity index (χ0) is 12.1. The van der Waals surface area contributed by atoms with Crippen molar-refractivity contribution in [3.05, 3.63) is 28.7 Å². The fourth-order valence-corrected chi connectivity index (χ4v) is 1.07. The maximum atomic E-state index is 10.8. The van der Waals surface area contributed by atoms with Gasteiger partial charge in [-0.3, -0.25) is 14.4 Å². The SMILES string of the molecule is NC=NONc1cccc(-c2noc(=O)[nH]2)n1. The number of nitrogens with two attached hydrogens (primary N) is 1. The minimum Gasteiger partial charge on any atom is -0.387 e. The zero-order valence-corrected chi connectivity index (χ0v) is 8.45. The lowest BCUT2D eigenvalue weighted by Crippen LogP contribution is -2.01. The van der Waals surface area contributed by atoms with Gasteiger partial charge in [0.2, 0.25) is 5.82 Å². The van der Waals surface area contributed by atoms with Crippen molar-refractivity contribution in [3.63, 3.8) is 0 Å². The van der Waals surface area contributed by atoms with Crippen LogP contribution < -0.4 is 17.0 Å². The van der Waals surface area contributed by atoms with Crippen molar-refractivity contribution in [1.29, 1.82) is 0 Å². The van der Waals surface area contributed by atoms with Crippen LogP contribution in [0.15, 0.2) is 32.7 Å². The first kappa shape index (κ1) is 10.7. The molecule has 0 radical (unpaired) electrons. The van der Waals surface area contributed by atoms with E-state index in [-0.39, 0.29) is 5.82 Å². The predicted molar refractivity (Wildman–Crippen MR) is 57.7 cm³/mol. The Labute approximate surface area is 94.2 Å². The van der Waals surface area contributed by atoms with Gasteiger partial charge in [-0.25, -0.2) is 9.78 Å². The van der Waals surface area contributed by atoms with Crippen LogP contribution in [0.2, 0.25) is 0 Å². The number of oxime groups is 1. The van der Waals surface area contributed by atoms with Crippen LogP contribution in [-0.2, 0) is 4.94 Å². The van der Waals surface area contributed by atoms with E-state index in [9.17, 15) is 4.79 Å². The van der Waals surface area contributed by atoms with Gasteiger partial charge in [-0.05, 0) is 17.3 Å². The number of aromatic nitrogens is 3. The van der Waals surface area contributed by atoms with Crippen LogP contribution in [-0.4, -0.2) is 21.5 Å².